The maximum atomic E-state index is 13.0. The lowest BCUT2D eigenvalue weighted by Crippen LogP contribution is -2.50. The van der Waals surface area contributed by atoms with Gasteiger partial charge in [0.15, 0.2) is 5.76 Å². The second-order valence-electron chi connectivity index (χ2n) is 7.30. The Labute approximate surface area is 156 Å². The average Bonchev–Trinajstić information content (AvgIpc) is 3.42. The summed E-state index contributed by atoms with van der Waals surface area (Å²) >= 11 is 0. The number of fused-ring (bicyclic) bond motifs is 3. The third-order valence-electron chi connectivity index (χ3n) is 5.67. The molecule has 4 heterocycles. The number of aromatic nitrogens is 1. The number of nitrogens with zero attached hydrogens (tertiary/aromatic N) is 3. The Bertz CT molecular complexity index is 1060. The van der Waals surface area contributed by atoms with Gasteiger partial charge in [0.2, 0.25) is 0 Å². The third-order valence-corrected chi connectivity index (χ3v) is 5.67. The number of carbonyl (C=O) groups excluding carboxylic acids is 2. The zero-order chi connectivity index (χ0) is 18.5. The maximum absolute atomic E-state index is 13.0. The lowest BCUT2D eigenvalue weighted by atomic mass is 10.1. The number of furan rings is 1. The van der Waals surface area contributed by atoms with Gasteiger partial charge in [0.25, 0.3) is 11.8 Å². The standard InChI is InChI=1S/C21H19N3O3/c1-13-6-8-27-19(13)21(26)24-12-16-10-17(24)11-23(16)20(25)15-5-4-14-3-2-7-22-18(14)9-15/h2-9,16-17H,10-12H2,1H3/t16-,17-/m0/s1. The van der Waals surface area contributed by atoms with Crippen LogP contribution in [0.15, 0.2) is 53.3 Å². The van der Waals surface area contributed by atoms with E-state index in [9.17, 15) is 9.59 Å². The Morgan fingerprint density at radius 1 is 1.07 bits per heavy atom. The van der Waals surface area contributed by atoms with Gasteiger partial charge in [0.1, 0.15) is 0 Å². The quantitative estimate of drug-likeness (QED) is 0.704. The van der Waals surface area contributed by atoms with Gasteiger partial charge in [-0.25, -0.2) is 0 Å². The Kier molecular flexibility index (Phi) is 3.53. The lowest BCUT2D eigenvalue weighted by Gasteiger charge is -2.34. The summed E-state index contributed by atoms with van der Waals surface area (Å²) < 4.78 is 5.35. The van der Waals surface area contributed by atoms with Gasteiger partial charge in [0, 0.05) is 35.8 Å². The molecule has 0 spiro atoms. The van der Waals surface area contributed by atoms with Crippen molar-refractivity contribution in [3.8, 4) is 0 Å². The highest BCUT2D eigenvalue weighted by atomic mass is 16.3. The Balaban J connectivity index is 1.35. The van der Waals surface area contributed by atoms with Gasteiger partial charge in [-0.1, -0.05) is 12.1 Å². The Morgan fingerprint density at radius 2 is 1.85 bits per heavy atom. The molecule has 0 saturated carbocycles. The van der Waals surface area contributed by atoms with Crippen molar-refractivity contribution < 1.29 is 14.0 Å². The summed E-state index contributed by atoms with van der Waals surface area (Å²) in [7, 11) is 0. The highest BCUT2D eigenvalue weighted by Crippen LogP contribution is 2.33. The van der Waals surface area contributed by atoms with E-state index in [1.54, 1.807) is 18.5 Å². The van der Waals surface area contributed by atoms with Crippen molar-refractivity contribution in [3.63, 3.8) is 0 Å². The van der Waals surface area contributed by atoms with E-state index in [-0.39, 0.29) is 23.9 Å². The van der Waals surface area contributed by atoms with Crippen LogP contribution in [0.5, 0.6) is 0 Å². The maximum Gasteiger partial charge on any atom is 0.290 e. The van der Waals surface area contributed by atoms with Crippen molar-refractivity contribution in [1.29, 1.82) is 0 Å². The molecule has 136 valence electrons. The van der Waals surface area contributed by atoms with Gasteiger partial charge in [-0.3, -0.25) is 14.6 Å². The largest absolute Gasteiger partial charge is 0.459 e. The molecule has 2 fully saturated rings. The fraction of sp³-hybridized carbons (Fsp3) is 0.286. The summed E-state index contributed by atoms with van der Waals surface area (Å²) in [6.45, 7) is 2.99. The monoisotopic (exact) mass is 361 g/mol. The van der Waals surface area contributed by atoms with Crippen molar-refractivity contribution in [2.75, 3.05) is 13.1 Å². The molecule has 0 unspecified atom stereocenters. The molecule has 2 aliphatic rings. The number of hydrogen-bond donors (Lipinski definition) is 0. The van der Waals surface area contributed by atoms with E-state index in [0.717, 1.165) is 22.9 Å². The van der Waals surface area contributed by atoms with Crippen LogP contribution in [0, 0.1) is 6.92 Å². The molecule has 3 aromatic rings. The van der Waals surface area contributed by atoms with Gasteiger partial charge in [-0.2, -0.15) is 0 Å². The predicted octanol–water partition coefficient (Wildman–Crippen LogP) is 2.88. The molecule has 2 aliphatic heterocycles. The van der Waals surface area contributed by atoms with Gasteiger partial charge in [0.05, 0.1) is 23.9 Å². The van der Waals surface area contributed by atoms with E-state index in [1.165, 1.54) is 0 Å². The third kappa shape index (κ3) is 2.51. The molecular formula is C21H19N3O3. The molecular weight excluding hydrogens is 342 g/mol. The van der Waals surface area contributed by atoms with Gasteiger partial charge in [-0.05, 0) is 37.6 Å². The zero-order valence-corrected chi connectivity index (χ0v) is 15.0. The molecule has 1 aromatic carbocycles. The van der Waals surface area contributed by atoms with Gasteiger partial charge < -0.3 is 14.2 Å². The van der Waals surface area contributed by atoms with Gasteiger partial charge in [-0.15, -0.1) is 0 Å². The minimum atomic E-state index is -0.0768. The van der Waals surface area contributed by atoms with Crippen LogP contribution in [0.25, 0.3) is 10.9 Å². The number of hydrogen-bond acceptors (Lipinski definition) is 4. The summed E-state index contributed by atoms with van der Waals surface area (Å²) in [5.74, 6) is 0.337. The predicted molar refractivity (Wildman–Crippen MR) is 99.5 cm³/mol. The van der Waals surface area contributed by atoms with E-state index in [2.05, 4.69) is 4.98 Å². The van der Waals surface area contributed by atoms with E-state index < -0.39 is 0 Å². The van der Waals surface area contributed by atoms with Crippen molar-refractivity contribution in [2.45, 2.75) is 25.4 Å². The van der Waals surface area contributed by atoms with Crippen molar-refractivity contribution in [3.05, 3.63) is 65.7 Å². The second-order valence-corrected chi connectivity index (χ2v) is 7.30. The first-order valence-electron chi connectivity index (χ1n) is 9.12. The molecule has 2 amide bonds. The Hall–Kier alpha value is -3.15. The molecule has 2 atom stereocenters. The van der Waals surface area contributed by atoms with Crippen LogP contribution < -0.4 is 0 Å². The molecule has 0 N–H and O–H groups in total. The van der Waals surface area contributed by atoms with Crippen molar-refractivity contribution in [2.24, 2.45) is 0 Å². The van der Waals surface area contributed by atoms with Crippen LogP contribution in [0.2, 0.25) is 0 Å². The number of amides is 2. The van der Waals surface area contributed by atoms with Gasteiger partial charge >= 0.3 is 0 Å². The van der Waals surface area contributed by atoms with E-state index in [1.807, 2.05) is 47.1 Å². The smallest absolute Gasteiger partial charge is 0.290 e. The number of likely N-dealkylation sites (tertiary alicyclic amines) is 2. The van der Waals surface area contributed by atoms with E-state index in [0.29, 0.717) is 24.4 Å². The first-order chi connectivity index (χ1) is 13.1. The van der Waals surface area contributed by atoms with E-state index >= 15 is 0 Å². The first-order valence-corrected chi connectivity index (χ1v) is 9.12. The summed E-state index contributed by atoms with van der Waals surface area (Å²) in [6, 6.07) is 11.4. The van der Waals surface area contributed by atoms with Crippen LogP contribution in [-0.2, 0) is 0 Å². The molecule has 5 rings (SSSR count). The fourth-order valence-corrected chi connectivity index (χ4v) is 4.25. The Morgan fingerprint density at radius 3 is 2.56 bits per heavy atom. The molecule has 27 heavy (non-hydrogen) atoms. The topological polar surface area (TPSA) is 66.7 Å². The minimum absolute atomic E-state index is 0.0105. The van der Waals surface area contributed by atoms with Crippen molar-refractivity contribution in [1.82, 2.24) is 14.8 Å². The highest BCUT2D eigenvalue weighted by molar-refractivity contribution is 5.99. The summed E-state index contributed by atoms with van der Waals surface area (Å²) in [4.78, 5) is 33.8. The summed E-state index contributed by atoms with van der Waals surface area (Å²) in [5, 5.41) is 1.02. The van der Waals surface area contributed by atoms with Crippen molar-refractivity contribution >= 4 is 22.7 Å². The summed E-state index contributed by atoms with van der Waals surface area (Å²) in [6.07, 6.45) is 4.10. The molecule has 2 saturated heterocycles. The highest BCUT2D eigenvalue weighted by Gasteiger charge is 2.47. The summed E-state index contributed by atoms with van der Waals surface area (Å²) in [5.41, 5.74) is 2.31. The normalized spacial score (nSPS) is 21.2. The average molecular weight is 361 g/mol. The lowest BCUT2D eigenvalue weighted by molar-refractivity contribution is 0.0508. The van der Waals surface area contributed by atoms with Crippen LogP contribution >= 0.6 is 0 Å². The second kappa shape index (κ2) is 5.94. The van der Waals surface area contributed by atoms with E-state index in [4.69, 9.17) is 4.42 Å². The number of carbonyl (C=O) groups is 2. The number of piperazine rings is 1. The van der Waals surface area contributed by atoms with Crippen LogP contribution in [0.4, 0.5) is 0 Å². The minimum Gasteiger partial charge on any atom is -0.459 e. The number of rotatable bonds is 2. The number of pyridine rings is 1. The first kappa shape index (κ1) is 16.1. The molecule has 2 aromatic heterocycles. The van der Waals surface area contributed by atoms with Crippen LogP contribution in [-0.4, -0.2) is 51.8 Å². The SMILES string of the molecule is Cc1ccoc1C(=O)N1C[C@@H]2C[C@H]1CN2C(=O)c1ccc2cccnc2c1. The van der Waals surface area contributed by atoms with Crippen LogP contribution in [0.1, 0.15) is 32.9 Å². The molecule has 6 heteroatoms. The molecule has 2 bridgehead atoms. The molecule has 6 nitrogen and oxygen atoms in total. The molecule has 0 aliphatic carbocycles. The zero-order valence-electron chi connectivity index (χ0n) is 15.0. The fourth-order valence-electron chi connectivity index (χ4n) is 4.25. The van der Waals surface area contributed by atoms with Crippen LogP contribution in [0.3, 0.4) is 0 Å². The number of aryl methyl sites for hydroxylation is 1. The molecule has 0 radical (unpaired) electrons. The number of benzene rings is 1.